The molecule has 0 saturated heterocycles. The Bertz CT molecular complexity index is 341. The van der Waals surface area contributed by atoms with Crippen LogP contribution in [0.15, 0.2) is 35.5 Å². The summed E-state index contributed by atoms with van der Waals surface area (Å²) in [4.78, 5) is 0. The maximum absolute atomic E-state index is 8.36. The van der Waals surface area contributed by atoms with Gasteiger partial charge in [0.25, 0.3) is 0 Å². The van der Waals surface area contributed by atoms with E-state index in [-0.39, 0.29) is 11.9 Å². The van der Waals surface area contributed by atoms with Crippen LogP contribution in [0.25, 0.3) is 0 Å². The average Bonchev–Trinajstić information content (AvgIpc) is 2.37. The van der Waals surface area contributed by atoms with Gasteiger partial charge in [-0.2, -0.15) is 0 Å². The highest BCUT2D eigenvalue weighted by Gasteiger charge is 2.02. The smallest absolute Gasteiger partial charge is 0.153 e. The SMILES string of the molecule is CC(COCc1ccccc1)NC/C(N)=N/O. The topological polar surface area (TPSA) is 79.9 Å². The number of amidine groups is 1. The van der Waals surface area contributed by atoms with E-state index in [1.54, 1.807) is 0 Å². The van der Waals surface area contributed by atoms with Crippen molar-refractivity contribution in [3.63, 3.8) is 0 Å². The monoisotopic (exact) mass is 237 g/mol. The summed E-state index contributed by atoms with van der Waals surface area (Å²) >= 11 is 0. The minimum atomic E-state index is 0.152. The van der Waals surface area contributed by atoms with Crippen LogP contribution in [-0.4, -0.2) is 30.2 Å². The summed E-state index contributed by atoms with van der Waals surface area (Å²) < 4.78 is 5.54. The first-order chi connectivity index (χ1) is 8.22. The first-order valence-corrected chi connectivity index (χ1v) is 5.54. The summed E-state index contributed by atoms with van der Waals surface area (Å²) in [7, 11) is 0. The third kappa shape index (κ3) is 5.89. The van der Waals surface area contributed by atoms with E-state index in [1.165, 1.54) is 0 Å². The third-order valence-corrected chi connectivity index (χ3v) is 2.24. The van der Waals surface area contributed by atoms with Crippen molar-refractivity contribution in [3.05, 3.63) is 35.9 Å². The van der Waals surface area contributed by atoms with Gasteiger partial charge in [0, 0.05) is 6.04 Å². The zero-order chi connectivity index (χ0) is 12.5. The molecule has 4 N–H and O–H groups in total. The largest absolute Gasteiger partial charge is 0.409 e. The van der Waals surface area contributed by atoms with Crippen LogP contribution < -0.4 is 11.1 Å². The molecular weight excluding hydrogens is 218 g/mol. The maximum Gasteiger partial charge on any atom is 0.153 e. The number of hydrogen-bond donors (Lipinski definition) is 3. The minimum Gasteiger partial charge on any atom is -0.409 e. The Hall–Kier alpha value is -1.59. The Balaban J connectivity index is 2.14. The molecule has 0 saturated carbocycles. The number of nitrogens with zero attached hydrogens (tertiary/aromatic N) is 1. The Labute approximate surface area is 101 Å². The second-order valence-electron chi connectivity index (χ2n) is 3.87. The molecule has 0 heterocycles. The van der Waals surface area contributed by atoms with Crippen LogP contribution in [0.5, 0.6) is 0 Å². The van der Waals surface area contributed by atoms with E-state index in [9.17, 15) is 0 Å². The van der Waals surface area contributed by atoms with Gasteiger partial charge in [-0.25, -0.2) is 0 Å². The van der Waals surface area contributed by atoms with Crippen molar-refractivity contribution in [3.8, 4) is 0 Å². The molecule has 94 valence electrons. The number of oxime groups is 1. The third-order valence-electron chi connectivity index (χ3n) is 2.24. The molecule has 0 aliphatic heterocycles. The van der Waals surface area contributed by atoms with Crippen molar-refractivity contribution in [1.29, 1.82) is 0 Å². The molecule has 1 unspecified atom stereocenters. The van der Waals surface area contributed by atoms with Gasteiger partial charge in [-0.05, 0) is 12.5 Å². The molecule has 0 spiro atoms. The summed E-state index contributed by atoms with van der Waals surface area (Å²) in [5.74, 6) is 0.167. The number of nitrogens with two attached hydrogens (primary N) is 1. The molecule has 0 aliphatic rings. The van der Waals surface area contributed by atoms with Crippen molar-refractivity contribution >= 4 is 5.84 Å². The molecule has 0 aliphatic carbocycles. The summed E-state index contributed by atoms with van der Waals surface area (Å²) in [5, 5.41) is 14.3. The van der Waals surface area contributed by atoms with Crippen LogP contribution in [0.2, 0.25) is 0 Å². The highest BCUT2D eigenvalue weighted by atomic mass is 16.5. The van der Waals surface area contributed by atoms with Gasteiger partial charge in [0.05, 0.1) is 19.8 Å². The van der Waals surface area contributed by atoms with Gasteiger partial charge in [0.2, 0.25) is 0 Å². The lowest BCUT2D eigenvalue weighted by atomic mass is 10.2. The standard InChI is InChI=1S/C12H19N3O2/c1-10(14-7-12(13)15-16)8-17-9-11-5-3-2-4-6-11/h2-6,10,14,16H,7-9H2,1H3,(H2,13,15). The lowest BCUT2D eigenvalue weighted by Crippen LogP contribution is -2.37. The van der Waals surface area contributed by atoms with Gasteiger partial charge in [-0.3, -0.25) is 0 Å². The van der Waals surface area contributed by atoms with Crippen LogP contribution >= 0.6 is 0 Å². The zero-order valence-corrected chi connectivity index (χ0v) is 9.97. The van der Waals surface area contributed by atoms with E-state index in [1.807, 2.05) is 37.3 Å². The molecule has 0 fully saturated rings. The summed E-state index contributed by atoms with van der Waals surface area (Å²) in [6.45, 7) is 3.51. The number of ether oxygens (including phenoxy) is 1. The average molecular weight is 237 g/mol. The summed E-state index contributed by atoms with van der Waals surface area (Å²) in [6, 6.07) is 10.1. The van der Waals surface area contributed by atoms with E-state index in [0.29, 0.717) is 19.8 Å². The molecule has 1 aromatic carbocycles. The van der Waals surface area contributed by atoms with Crippen molar-refractivity contribution < 1.29 is 9.94 Å². The Morgan fingerprint density at radius 3 is 2.82 bits per heavy atom. The molecule has 5 nitrogen and oxygen atoms in total. The van der Waals surface area contributed by atoms with Gasteiger partial charge < -0.3 is 21.0 Å². The first-order valence-electron chi connectivity index (χ1n) is 5.54. The number of nitrogens with one attached hydrogen (secondary N) is 1. The van der Waals surface area contributed by atoms with Crippen LogP contribution in [0, 0.1) is 0 Å². The van der Waals surface area contributed by atoms with E-state index in [0.717, 1.165) is 5.56 Å². The van der Waals surface area contributed by atoms with Crippen LogP contribution in [0.1, 0.15) is 12.5 Å². The molecule has 0 amide bonds. The number of hydrogen-bond acceptors (Lipinski definition) is 4. The van der Waals surface area contributed by atoms with Crippen LogP contribution in [0.4, 0.5) is 0 Å². The number of benzene rings is 1. The molecule has 5 heteroatoms. The van der Waals surface area contributed by atoms with Gasteiger partial charge in [0.15, 0.2) is 5.84 Å². The molecular formula is C12H19N3O2. The number of rotatable bonds is 7. The molecule has 0 bridgehead atoms. The van der Waals surface area contributed by atoms with Crippen molar-refractivity contribution in [1.82, 2.24) is 5.32 Å². The normalized spacial score (nSPS) is 13.6. The molecule has 1 rings (SSSR count). The highest BCUT2D eigenvalue weighted by molar-refractivity contribution is 5.81. The molecule has 1 aromatic rings. The maximum atomic E-state index is 8.36. The second kappa shape index (κ2) is 7.65. The van der Waals surface area contributed by atoms with Crippen molar-refractivity contribution in [2.24, 2.45) is 10.9 Å². The summed E-state index contributed by atoms with van der Waals surface area (Å²) in [6.07, 6.45) is 0. The lowest BCUT2D eigenvalue weighted by Gasteiger charge is -2.13. The zero-order valence-electron chi connectivity index (χ0n) is 9.97. The van der Waals surface area contributed by atoms with Crippen molar-refractivity contribution in [2.45, 2.75) is 19.6 Å². The Morgan fingerprint density at radius 2 is 2.18 bits per heavy atom. The second-order valence-corrected chi connectivity index (χ2v) is 3.87. The highest BCUT2D eigenvalue weighted by Crippen LogP contribution is 2.00. The fourth-order valence-electron chi connectivity index (χ4n) is 1.30. The molecule has 1 atom stereocenters. The molecule has 17 heavy (non-hydrogen) atoms. The fourth-order valence-corrected chi connectivity index (χ4v) is 1.30. The van der Waals surface area contributed by atoms with Crippen LogP contribution in [0.3, 0.4) is 0 Å². The molecule has 0 aromatic heterocycles. The predicted molar refractivity (Wildman–Crippen MR) is 67.0 cm³/mol. The van der Waals surface area contributed by atoms with Crippen LogP contribution in [-0.2, 0) is 11.3 Å². The fraction of sp³-hybridized carbons (Fsp3) is 0.417. The Morgan fingerprint density at radius 1 is 1.47 bits per heavy atom. The van der Waals surface area contributed by atoms with Crippen molar-refractivity contribution in [2.75, 3.05) is 13.2 Å². The van der Waals surface area contributed by atoms with E-state index >= 15 is 0 Å². The van der Waals surface area contributed by atoms with Gasteiger partial charge >= 0.3 is 0 Å². The van der Waals surface area contributed by atoms with Gasteiger partial charge in [0.1, 0.15) is 0 Å². The quantitative estimate of drug-likeness (QED) is 0.285. The van der Waals surface area contributed by atoms with Gasteiger partial charge in [-0.1, -0.05) is 35.5 Å². The predicted octanol–water partition coefficient (Wildman–Crippen LogP) is 0.928. The van der Waals surface area contributed by atoms with E-state index in [4.69, 9.17) is 15.7 Å². The minimum absolute atomic E-state index is 0.152. The Kier molecular flexibility index (Phi) is 6.06. The summed E-state index contributed by atoms with van der Waals surface area (Å²) in [5.41, 5.74) is 6.49. The molecule has 0 radical (unpaired) electrons. The lowest BCUT2D eigenvalue weighted by molar-refractivity contribution is 0.104. The van der Waals surface area contributed by atoms with E-state index < -0.39 is 0 Å². The van der Waals surface area contributed by atoms with Gasteiger partial charge in [-0.15, -0.1) is 0 Å². The first kappa shape index (κ1) is 13.5. The van der Waals surface area contributed by atoms with E-state index in [2.05, 4.69) is 10.5 Å².